The van der Waals surface area contributed by atoms with E-state index in [9.17, 15) is 9.59 Å². The molecular weight excluding hydrogens is 530 g/mol. The smallest absolute Gasteiger partial charge is 0.238 e. The number of nitrogens with one attached hydrogen (secondary N) is 1. The number of para-hydroxylation sites is 1. The van der Waals surface area contributed by atoms with E-state index >= 15 is 0 Å². The summed E-state index contributed by atoms with van der Waals surface area (Å²) in [5, 5.41) is 3.57. The molecule has 1 heterocycles. The largest absolute Gasteiger partial charge is 0.494 e. The fourth-order valence-electron chi connectivity index (χ4n) is 4.14. The number of carbonyl (C=O) groups is 2. The number of amidine groups is 1. The lowest BCUT2D eigenvalue weighted by molar-refractivity contribution is -0.129. The quantitative estimate of drug-likeness (QED) is 0.232. The summed E-state index contributed by atoms with van der Waals surface area (Å²) in [6, 6.07) is 24.4. The summed E-state index contributed by atoms with van der Waals surface area (Å²) in [5.74, 6) is 0.435. The normalized spacial score (nSPS) is 16.4. The molecule has 1 aliphatic heterocycles. The van der Waals surface area contributed by atoms with Crippen LogP contribution in [-0.4, -0.2) is 40.3 Å². The number of aliphatic imine (C=N–C) groups is 1. The summed E-state index contributed by atoms with van der Waals surface area (Å²) in [4.78, 5) is 32.9. The molecule has 0 aromatic heterocycles. The van der Waals surface area contributed by atoms with E-state index in [0.717, 1.165) is 29.8 Å². The topological polar surface area (TPSA) is 71.0 Å². The summed E-state index contributed by atoms with van der Waals surface area (Å²) in [6.07, 6.45) is 5.36. The van der Waals surface area contributed by atoms with Gasteiger partial charge in [-0.1, -0.05) is 79.9 Å². The van der Waals surface area contributed by atoms with Gasteiger partial charge in [-0.05, 0) is 66.9 Å². The summed E-state index contributed by atoms with van der Waals surface area (Å²) < 4.78 is 5.80. The van der Waals surface area contributed by atoms with Gasteiger partial charge in [-0.25, -0.2) is 4.99 Å². The first-order chi connectivity index (χ1) is 19.0. The second-order valence-corrected chi connectivity index (χ2v) is 11.0. The van der Waals surface area contributed by atoms with Crippen molar-refractivity contribution < 1.29 is 14.3 Å². The van der Waals surface area contributed by atoms with E-state index in [4.69, 9.17) is 21.3 Å². The second kappa shape index (κ2) is 14.8. The van der Waals surface area contributed by atoms with Crippen LogP contribution in [-0.2, 0) is 16.0 Å². The van der Waals surface area contributed by atoms with Gasteiger partial charge in [-0.15, -0.1) is 0 Å². The summed E-state index contributed by atoms with van der Waals surface area (Å²) >= 11 is 7.33. The van der Waals surface area contributed by atoms with Crippen LogP contribution in [0, 0.1) is 0 Å². The zero-order valence-electron chi connectivity index (χ0n) is 22.1. The Balaban J connectivity index is 1.40. The Morgan fingerprint density at radius 3 is 2.49 bits per heavy atom. The van der Waals surface area contributed by atoms with Crippen LogP contribution in [0.3, 0.4) is 0 Å². The lowest BCUT2D eigenvalue weighted by atomic mass is 10.1. The van der Waals surface area contributed by atoms with Gasteiger partial charge in [0.1, 0.15) is 11.0 Å². The van der Waals surface area contributed by atoms with Crippen molar-refractivity contribution in [2.75, 3.05) is 18.5 Å². The van der Waals surface area contributed by atoms with E-state index < -0.39 is 5.25 Å². The van der Waals surface area contributed by atoms with Gasteiger partial charge in [0.05, 0.1) is 12.3 Å². The Kier molecular flexibility index (Phi) is 10.9. The van der Waals surface area contributed by atoms with Crippen molar-refractivity contribution in [3.8, 4) is 5.75 Å². The van der Waals surface area contributed by atoms with Gasteiger partial charge >= 0.3 is 0 Å². The highest BCUT2D eigenvalue weighted by Gasteiger charge is 2.35. The minimum Gasteiger partial charge on any atom is -0.494 e. The molecule has 6 nitrogen and oxygen atoms in total. The molecular formula is C31H34ClN3O3S. The van der Waals surface area contributed by atoms with Crippen LogP contribution >= 0.6 is 23.4 Å². The van der Waals surface area contributed by atoms with Gasteiger partial charge in [-0.3, -0.25) is 14.5 Å². The molecule has 1 aliphatic rings. The van der Waals surface area contributed by atoms with Gasteiger partial charge in [0.15, 0.2) is 5.17 Å². The second-order valence-electron chi connectivity index (χ2n) is 9.39. The predicted molar refractivity (Wildman–Crippen MR) is 161 cm³/mol. The van der Waals surface area contributed by atoms with Gasteiger partial charge in [-0.2, -0.15) is 0 Å². The zero-order chi connectivity index (χ0) is 27.5. The monoisotopic (exact) mass is 563 g/mol. The van der Waals surface area contributed by atoms with Crippen LogP contribution in [0.25, 0.3) is 0 Å². The van der Waals surface area contributed by atoms with Crippen molar-refractivity contribution in [3.63, 3.8) is 0 Å². The molecule has 0 aliphatic carbocycles. The lowest BCUT2D eigenvalue weighted by Crippen LogP contribution is -2.46. The third kappa shape index (κ3) is 8.87. The van der Waals surface area contributed by atoms with E-state index in [0.29, 0.717) is 35.5 Å². The average Bonchev–Trinajstić information content (AvgIpc) is 2.95. The maximum Gasteiger partial charge on any atom is 0.238 e. The minimum absolute atomic E-state index is 0.101. The number of thioether (sulfide) groups is 1. The highest BCUT2D eigenvalue weighted by atomic mass is 35.5. The number of hydrogen-bond donors (Lipinski definition) is 1. The Morgan fingerprint density at radius 2 is 1.77 bits per heavy atom. The first kappa shape index (κ1) is 28.7. The number of nitrogens with zero attached hydrogens (tertiary/aromatic N) is 2. The van der Waals surface area contributed by atoms with E-state index in [1.165, 1.54) is 24.6 Å². The molecule has 204 valence electrons. The molecule has 4 rings (SSSR count). The molecule has 1 unspecified atom stereocenters. The van der Waals surface area contributed by atoms with Gasteiger partial charge in [0, 0.05) is 23.7 Å². The fourth-order valence-corrected chi connectivity index (χ4v) is 5.39. The van der Waals surface area contributed by atoms with Crippen LogP contribution < -0.4 is 10.1 Å². The molecule has 0 spiro atoms. The molecule has 39 heavy (non-hydrogen) atoms. The van der Waals surface area contributed by atoms with Gasteiger partial charge in [0.2, 0.25) is 11.8 Å². The molecule has 0 bridgehead atoms. The Bertz CT molecular complexity index is 1250. The Hall–Kier alpha value is -3.29. The number of carbonyl (C=O) groups excluding carboxylic acids is 2. The molecule has 8 heteroatoms. The molecule has 1 saturated heterocycles. The third-order valence-corrected chi connectivity index (χ3v) is 7.78. The molecule has 1 fully saturated rings. The number of benzene rings is 3. The molecule has 0 saturated carbocycles. The summed E-state index contributed by atoms with van der Waals surface area (Å²) in [6.45, 7) is 3.34. The highest BCUT2D eigenvalue weighted by Crippen LogP contribution is 2.30. The van der Waals surface area contributed by atoms with E-state index in [2.05, 4.69) is 12.2 Å². The minimum atomic E-state index is -0.582. The Morgan fingerprint density at radius 1 is 1.03 bits per heavy atom. The molecule has 3 aromatic rings. The highest BCUT2D eigenvalue weighted by molar-refractivity contribution is 8.15. The molecule has 2 amide bonds. The number of unbranched alkanes of at least 4 members (excludes halogenated alkanes) is 3. The average molecular weight is 564 g/mol. The molecule has 1 atom stereocenters. The van der Waals surface area contributed by atoms with Crippen LogP contribution in [0.2, 0.25) is 5.02 Å². The maximum absolute atomic E-state index is 13.3. The van der Waals surface area contributed by atoms with Crippen molar-refractivity contribution in [3.05, 3.63) is 89.4 Å². The predicted octanol–water partition coefficient (Wildman–Crippen LogP) is 7.50. The third-order valence-electron chi connectivity index (χ3n) is 6.34. The van der Waals surface area contributed by atoms with Crippen molar-refractivity contribution in [2.24, 2.45) is 4.99 Å². The zero-order valence-corrected chi connectivity index (χ0v) is 23.7. The standard InChI is InChI=1S/C31H34ClN3O3S/c1-2-3-4-8-21-38-27-17-15-26(16-18-27)33-30(37)28-22-29(36)35(20-19-23-11-13-24(32)14-12-23)31(39-28)34-25-9-6-5-7-10-25/h5-7,9-18,28H,2-4,8,19-22H2,1H3,(H,33,37). The number of anilines is 1. The first-order valence-corrected chi connectivity index (χ1v) is 14.7. The van der Waals surface area contributed by atoms with Crippen LogP contribution in [0.15, 0.2) is 83.9 Å². The maximum atomic E-state index is 13.3. The van der Waals surface area contributed by atoms with Crippen molar-refractivity contribution in [2.45, 2.75) is 50.7 Å². The van der Waals surface area contributed by atoms with Crippen molar-refractivity contribution in [1.29, 1.82) is 0 Å². The van der Waals surface area contributed by atoms with Gasteiger partial charge in [0.25, 0.3) is 0 Å². The van der Waals surface area contributed by atoms with E-state index in [1.807, 2.05) is 78.9 Å². The SMILES string of the molecule is CCCCCCOc1ccc(NC(=O)C2CC(=O)N(CCc3ccc(Cl)cc3)C(=Nc3ccccc3)S2)cc1. The number of ether oxygens (including phenoxy) is 1. The van der Waals surface area contributed by atoms with Crippen LogP contribution in [0.4, 0.5) is 11.4 Å². The molecule has 0 radical (unpaired) electrons. The Labute approximate surface area is 239 Å². The van der Waals surface area contributed by atoms with E-state index in [-0.39, 0.29) is 18.2 Å². The van der Waals surface area contributed by atoms with Crippen LogP contribution in [0.1, 0.15) is 44.6 Å². The number of amides is 2. The van der Waals surface area contributed by atoms with E-state index in [1.54, 1.807) is 4.90 Å². The van der Waals surface area contributed by atoms with Crippen molar-refractivity contribution in [1.82, 2.24) is 4.90 Å². The molecule has 1 N–H and O–H groups in total. The first-order valence-electron chi connectivity index (χ1n) is 13.4. The summed E-state index contributed by atoms with van der Waals surface area (Å²) in [5.41, 5.74) is 2.47. The summed E-state index contributed by atoms with van der Waals surface area (Å²) in [7, 11) is 0. The lowest BCUT2D eigenvalue weighted by Gasteiger charge is -2.32. The number of halogens is 1. The number of hydrogen-bond acceptors (Lipinski definition) is 5. The molecule has 3 aromatic carbocycles. The number of rotatable bonds is 12. The van der Waals surface area contributed by atoms with Crippen LogP contribution in [0.5, 0.6) is 5.75 Å². The van der Waals surface area contributed by atoms with Crippen molar-refractivity contribution >= 4 is 51.7 Å². The fraction of sp³-hybridized carbons (Fsp3) is 0.323. The van der Waals surface area contributed by atoms with Gasteiger partial charge < -0.3 is 10.1 Å².